The number of nitrogens with one attached hydrogen (secondary N) is 2. The smallest absolute Gasteiger partial charge is 0.374 e. The fourth-order valence-corrected chi connectivity index (χ4v) is 3.78. The molecule has 2 atom stereocenters. The Balaban J connectivity index is 1.55. The van der Waals surface area contributed by atoms with E-state index >= 15 is 0 Å². The first-order valence-corrected chi connectivity index (χ1v) is 10.7. The minimum absolute atomic E-state index is 0.0862. The van der Waals surface area contributed by atoms with Crippen LogP contribution >= 0.6 is 23.2 Å². The van der Waals surface area contributed by atoms with Gasteiger partial charge in [0.1, 0.15) is 11.9 Å². The van der Waals surface area contributed by atoms with Crippen molar-refractivity contribution in [2.24, 2.45) is 7.05 Å². The normalized spacial score (nSPS) is 18.1. The van der Waals surface area contributed by atoms with Crippen molar-refractivity contribution in [3.05, 3.63) is 46.5 Å². The van der Waals surface area contributed by atoms with Gasteiger partial charge in [0.15, 0.2) is 0 Å². The lowest BCUT2D eigenvalue weighted by atomic mass is 9.97. The highest BCUT2D eigenvalue weighted by Gasteiger charge is 2.57. The van der Waals surface area contributed by atoms with Gasteiger partial charge in [-0.2, -0.15) is 13.2 Å². The summed E-state index contributed by atoms with van der Waals surface area (Å²) in [7, 11) is 1.31. The third-order valence-corrected chi connectivity index (χ3v) is 6.05. The molecule has 0 radical (unpaired) electrons. The van der Waals surface area contributed by atoms with Crippen LogP contribution in [0.25, 0.3) is 0 Å². The molecule has 1 saturated heterocycles. The van der Waals surface area contributed by atoms with Crippen molar-refractivity contribution >= 4 is 46.7 Å². The number of anilines is 1. The molecule has 184 valence electrons. The number of amides is 4. The van der Waals surface area contributed by atoms with E-state index < -0.39 is 54.5 Å². The second-order valence-corrected chi connectivity index (χ2v) is 8.45. The first kappa shape index (κ1) is 25.8. The number of nitrogens with zero attached hydrogens (tertiary/aromatic N) is 3. The molecule has 34 heavy (non-hydrogen) atoms. The first-order valence-electron chi connectivity index (χ1n) is 9.98. The van der Waals surface area contributed by atoms with Crippen LogP contribution < -0.4 is 15.5 Å². The summed E-state index contributed by atoms with van der Waals surface area (Å²) < 4.78 is 41.6. The quantitative estimate of drug-likeness (QED) is 0.462. The average molecular weight is 522 g/mol. The molecule has 2 aromatic rings. The zero-order chi connectivity index (χ0) is 25.3. The van der Waals surface area contributed by atoms with Gasteiger partial charge in [-0.25, -0.2) is 14.7 Å². The Labute approximate surface area is 201 Å². The van der Waals surface area contributed by atoms with E-state index in [1.165, 1.54) is 31.4 Å². The standard InChI is InChI=1S/C20H20Cl2F3N5O4/c1-29-9-8-27-17(29)19(34,20(23,24)25)6-7-26-15(31)5-4-14-16(32)30(18(33)28-14)11-2-3-12(21)13(22)10-11/h2-3,8-10,14,34H,4-7H2,1H3,(H,26,31)(H,28,33). The maximum atomic E-state index is 13.5. The molecule has 4 amide bonds. The number of aromatic nitrogens is 2. The van der Waals surface area contributed by atoms with Gasteiger partial charge in [0.05, 0.1) is 15.7 Å². The Bertz CT molecular complexity index is 1110. The van der Waals surface area contributed by atoms with Gasteiger partial charge in [0, 0.05) is 38.8 Å². The molecule has 3 rings (SSSR count). The molecule has 14 heteroatoms. The second-order valence-electron chi connectivity index (χ2n) is 7.63. The number of imidazole rings is 1. The summed E-state index contributed by atoms with van der Waals surface area (Å²) in [4.78, 5) is 41.4. The largest absolute Gasteiger partial charge is 0.424 e. The highest BCUT2D eigenvalue weighted by atomic mass is 35.5. The Morgan fingerprint density at radius 1 is 1.26 bits per heavy atom. The average Bonchev–Trinajstić information content (AvgIpc) is 3.30. The Hall–Kier alpha value is -2.83. The first-order chi connectivity index (χ1) is 15.8. The number of hydrogen-bond acceptors (Lipinski definition) is 5. The second kappa shape index (κ2) is 9.80. The number of aliphatic hydroxyl groups is 1. The maximum absolute atomic E-state index is 13.5. The van der Waals surface area contributed by atoms with Crippen LogP contribution in [0.15, 0.2) is 30.6 Å². The van der Waals surface area contributed by atoms with E-state index in [2.05, 4.69) is 15.6 Å². The molecule has 1 aliphatic rings. The van der Waals surface area contributed by atoms with E-state index in [1.54, 1.807) is 0 Å². The van der Waals surface area contributed by atoms with Crippen LogP contribution in [0.4, 0.5) is 23.7 Å². The monoisotopic (exact) mass is 521 g/mol. The van der Waals surface area contributed by atoms with Crippen LogP contribution in [0.5, 0.6) is 0 Å². The van der Waals surface area contributed by atoms with Gasteiger partial charge in [0.2, 0.25) is 11.5 Å². The number of halogens is 5. The van der Waals surface area contributed by atoms with E-state index in [0.717, 1.165) is 15.7 Å². The third-order valence-electron chi connectivity index (χ3n) is 5.31. The highest BCUT2D eigenvalue weighted by Crippen LogP contribution is 2.40. The Morgan fingerprint density at radius 3 is 2.56 bits per heavy atom. The number of urea groups is 1. The van der Waals surface area contributed by atoms with E-state index in [-0.39, 0.29) is 28.6 Å². The van der Waals surface area contributed by atoms with Gasteiger partial charge in [-0.1, -0.05) is 23.2 Å². The summed E-state index contributed by atoms with van der Waals surface area (Å²) in [5.41, 5.74) is -3.06. The number of hydrogen-bond donors (Lipinski definition) is 3. The lowest BCUT2D eigenvalue weighted by molar-refractivity contribution is -0.272. The van der Waals surface area contributed by atoms with Crippen molar-refractivity contribution in [2.75, 3.05) is 11.4 Å². The number of alkyl halides is 3. The topological polar surface area (TPSA) is 117 Å². The lowest BCUT2D eigenvalue weighted by Gasteiger charge is -2.30. The van der Waals surface area contributed by atoms with E-state index in [1.807, 2.05) is 0 Å². The van der Waals surface area contributed by atoms with Gasteiger partial charge < -0.3 is 20.3 Å². The SMILES string of the molecule is Cn1ccnc1C(O)(CCNC(=O)CCC1NC(=O)N(c2ccc(Cl)c(Cl)c2)C1=O)C(F)(F)F. The molecule has 1 fully saturated rings. The number of benzene rings is 1. The minimum Gasteiger partial charge on any atom is -0.374 e. The maximum Gasteiger partial charge on any atom is 0.424 e. The molecule has 9 nitrogen and oxygen atoms in total. The molecule has 1 aromatic heterocycles. The molecule has 3 N–H and O–H groups in total. The van der Waals surface area contributed by atoms with Crippen LogP contribution in [-0.4, -0.2) is 51.3 Å². The summed E-state index contributed by atoms with van der Waals surface area (Å²) in [6, 6.07) is 2.49. The fourth-order valence-electron chi connectivity index (χ4n) is 3.49. The number of carbonyl (C=O) groups is 3. The molecule has 1 aromatic carbocycles. The van der Waals surface area contributed by atoms with Crippen molar-refractivity contribution in [3.63, 3.8) is 0 Å². The van der Waals surface area contributed by atoms with E-state index in [0.29, 0.717) is 0 Å². The molecule has 1 aliphatic heterocycles. The summed E-state index contributed by atoms with van der Waals surface area (Å²) >= 11 is 11.8. The molecule has 0 saturated carbocycles. The summed E-state index contributed by atoms with van der Waals surface area (Å²) in [6.45, 7) is -0.498. The lowest BCUT2D eigenvalue weighted by Crippen LogP contribution is -2.46. The van der Waals surface area contributed by atoms with Gasteiger partial charge in [-0.3, -0.25) is 9.59 Å². The number of aryl methyl sites for hydroxylation is 1. The van der Waals surface area contributed by atoms with Gasteiger partial charge in [-0.05, 0) is 24.6 Å². The van der Waals surface area contributed by atoms with Crippen molar-refractivity contribution in [1.29, 1.82) is 0 Å². The zero-order valence-electron chi connectivity index (χ0n) is 17.7. The molecule has 2 unspecified atom stereocenters. The van der Waals surface area contributed by atoms with Crippen LogP contribution in [0, 0.1) is 0 Å². The van der Waals surface area contributed by atoms with Crippen LogP contribution in [0.1, 0.15) is 25.1 Å². The molecule has 2 heterocycles. The predicted molar refractivity (Wildman–Crippen MR) is 116 cm³/mol. The van der Waals surface area contributed by atoms with Crippen molar-refractivity contribution in [2.45, 2.75) is 37.1 Å². The third kappa shape index (κ3) is 5.13. The molecule has 0 bridgehead atoms. The Morgan fingerprint density at radius 2 is 1.97 bits per heavy atom. The van der Waals surface area contributed by atoms with Crippen LogP contribution in [-0.2, 0) is 22.2 Å². The number of carbonyl (C=O) groups excluding carboxylic acids is 3. The Kier molecular flexibility index (Phi) is 7.44. The van der Waals surface area contributed by atoms with Crippen molar-refractivity contribution in [3.8, 4) is 0 Å². The molecule has 0 aliphatic carbocycles. The fraction of sp³-hybridized carbons (Fsp3) is 0.400. The molecule has 0 spiro atoms. The predicted octanol–water partition coefficient (Wildman–Crippen LogP) is 2.89. The molecular weight excluding hydrogens is 502 g/mol. The minimum atomic E-state index is -5.02. The van der Waals surface area contributed by atoms with Gasteiger partial charge in [-0.15, -0.1) is 0 Å². The molecular formula is C20H20Cl2F3N5O4. The van der Waals surface area contributed by atoms with Gasteiger partial charge in [0.25, 0.3) is 5.91 Å². The highest BCUT2D eigenvalue weighted by molar-refractivity contribution is 6.42. The number of imide groups is 1. The zero-order valence-corrected chi connectivity index (χ0v) is 19.2. The van der Waals surface area contributed by atoms with E-state index in [9.17, 15) is 32.7 Å². The number of rotatable bonds is 8. The van der Waals surface area contributed by atoms with Gasteiger partial charge >= 0.3 is 12.2 Å². The van der Waals surface area contributed by atoms with Crippen molar-refractivity contribution < 1.29 is 32.7 Å². The summed E-state index contributed by atoms with van der Waals surface area (Å²) in [5, 5.41) is 15.4. The van der Waals surface area contributed by atoms with Crippen LogP contribution in [0.2, 0.25) is 10.0 Å². The summed E-state index contributed by atoms with van der Waals surface area (Å²) in [5.74, 6) is -1.87. The van der Waals surface area contributed by atoms with Crippen LogP contribution in [0.3, 0.4) is 0 Å². The summed E-state index contributed by atoms with van der Waals surface area (Å²) in [6.07, 6.45) is -3.84. The van der Waals surface area contributed by atoms with E-state index in [4.69, 9.17) is 23.2 Å². The van der Waals surface area contributed by atoms with Crippen molar-refractivity contribution in [1.82, 2.24) is 20.2 Å².